The monoisotopic (exact) mass is 377 g/mol. The summed E-state index contributed by atoms with van der Waals surface area (Å²) in [5, 5.41) is 0. The third-order valence-electron chi connectivity index (χ3n) is 4.43. The summed E-state index contributed by atoms with van der Waals surface area (Å²) in [6.07, 6.45) is -0.378. The number of hydrogen-bond acceptors (Lipinski definition) is 5. The maximum atomic E-state index is 13.4. The molecular formula is C19H23NO5S. The molecule has 0 aliphatic carbocycles. The van der Waals surface area contributed by atoms with Crippen molar-refractivity contribution in [1.29, 1.82) is 0 Å². The average Bonchev–Trinajstić information content (AvgIpc) is 2.69. The van der Waals surface area contributed by atoms with Crippen LogP contribution in [-0.4, -0.2) is 52.8 Å². The molecule has 0 radical (unpaired) electrons. The SMILES string of the molecule is COC[C@@H]1OCCN(S(=O)(=O)c2cccc(OC)c2)[C@H]1c1ccccc1. The Bertz CT molecular complexity index is 823. The van der Waals surface area contributed by atoms with Gasteiger partial charge in [0.25, 0.3) is 0 Å². The Kier molecular flexibility index (Phi) is 5.93. The van der Waals surface area contributed by atoms with Crippen molar-refractivity contribution in [1.82, 2.24) is 4.31 Å². The lowest BCUT2D eigenvalue weighted by molar-refractivity contribution is -0.0745. The van der Waals surface area contributed by atoms with Gasteiger partial charge in [-0.15, -0.1) is 0 Å². The fourth-order valence-electron chi connectivity index (χ4n) is 3.21. The third kappa shape index (κ3) is 3.76. The Hall–Kier alpha value is -1.93. The minimum absolute atomic E-state index is 0.204. The molecule has 0 unspecified atom stereocenters. The zero-order chi connectivity index (χ0) is 18.6. The minimum Gasteiger partial charge on any atom is -0.497 e. The van der Waals surface area contributed by atoms with Crippen molar-refractivity contribution >= 4 is 10.0 Å². The van der Waals surface area contributed by atoms with Crippen molar-refractivity contribution in [2.24, 2.45) is 0 Å². The first kappa shape index (κ1) is 18.8. The molecule has 2 aromatic rings. The van der Waals surface area contributed by atoms with Crippen molar-refractivity contribution in [3.63, 3.8) is 0 Å². The second-order valence-electron chi connectivity index (χ2n) is 6.01. The first-order valence-corrected chi connectivity index (χ1v) is 9.83. The number of ether oxygens (including phenoxy) is 3. The molecule has 26 heavy (non-hydrogen) atoms. The predicted octanol–water partition coefficient (Wildman–Crippen LogP) is 2.47. The van der Waals surface area contributed by atoms with Crippen LogP contribution in [0.2, 0.25) is 0 Å². The zero-order valence-corrected chi connectivity index (χ0v) is 15.7. The molecule has 1 aliphatic rings. The van der Waals surface area contributed by atoms with Gasteiger partial charge in [-0.3, -0.25) is 0 Å². The Balaban J connectivity index is 2.04. The fraction of sp³-hybridized carbons (Fsp3) is 0.368. The quantitative estimate of drug-likeness (QED) is 0.774. The number of hydrogen-bond donors (Lipinski definition) is 0. The Morgan fingerprint density at radius 1 is 1.12 bits per heavy atom. The maximum Gasteiger partial charge on any atom is 0.243 e. The van der Waals surface area contributed by atoms with E-state index < -0.39 is 16.1 Å². The van der Waals surface area contributed by atoms with Crippen molar-refractivity contribution in [3.05, 3.63) is 60.2 Å². The van der Waals surface area contributed by atoms with Crippen LogP contribution in [-0.2, 0) is 19.5 Å². The summed E-state index contributed by atoms with van der Waals surface area (Å²) >= 11 is 0. The van der Waals surface area contributed by atoms with Gasteiger partial charge in [-0.2, -0.15) is 4.31 Å². The second kappa shape index (κ2) is 8.18. The Morgan fingerprint density at radius 3 is 2.58 bits per heavy atom. The maximum absolute atomic E-state index is 13.4. The molecule has 1 aliphatic heterocycles. The molecule has 0 amide bonds. The molecule has 0 bridgehead atoms. The Labute approximate surface area is 154 Å². The van der Waals surface area contributed by atoms with Crippen LogP contribution in [0, 0.1) is 0 Å². The smallest absolute Gasteiger partial charge is 0.243 e. The van der Waals surface area contributed by atoms with E-state index in [9.17, 15) is 8.42 Å². The van der Waals surface area contributed by atoms with Gasteiger partial charge in [-0.05, 0) is 17.7 Å². The molecule has 1 heterocycles. The van der Waals surface area contributed by atoms with Crippen LogP contribution in [0.25, 0.3) is 0 Å². The first-order chi connectivity index (χ1) is 12.6. The van der Waals surface area contributed by atoms with Gasteiger partial charge in [0.15, 0.2) is 0 Å². The van der Waals surface area contributed by atoms with E-state index in [1.165, 1.54) is 17.5 Å². The van der Waals surface area contributed by atoms with Crippen LogP contribution in [0.1, 0.15) is 11.6 Å². The van der Waals surface area contributed by atoms with E-state index in [2.05, 4.69) is 0 Å². The van der Waals surface area contributed by atoms with Gasteiger partial charge in [-0.1, -0.05) is 36.4 Å². The molecule has 6 nitrogen and oxygen atoms in total. The van der Waals surface area contributed by atoms with Gasteiger partial charge in [0.1, 0.15) is 11.9 Å². The second-order valence-corrected chi connectivity index (χ2v) is 7.91. The summed E-state index contributed by atoms with van der Waals surface area (Å²) in [4.78, 5) is 0.204. The third-order valence-corrected chi connectivity index (χ3v) is 6.30. The number of methoxy groups -OCH3 is 2. The van der Waals surface area contributed by atoms with Crippen molar-refractivity contribution in [3.8, 4) is 5.75 Å². The number of rotatable bonds is 6. The molecule has 3 rings (SSSR count). The summed E-state index contributed by atoms with van der Waals surface area (Å²) in [6.45, 7) is 0.906. The highest BCUT2D eigenvalue weighted by Crippen LogP contribution is 2.35. The number of morpholine rings is 1. The molecule has 7 heteroatoms. The lowest BCUT2D eigenvalue weighted by Gasteiger charge is -2.40. The summed E-state index contributed by atoms with van der Waals surface area (Å²) in [7, 11) is -0.625. The first-order valence-electron chi connectivity index (χ1n) is 8.39. The summed E-state index contributed by atoms with van der Waals surface area (Å²) in [6, 6.07) is 15.6. The number of benzene rings is 2. The van der Waals surface area contributed by atoms with E-state index >= 15 is 0 Å². The topological polar surface area (TPSA) is 65.1 Å². The van der Waals surface area contributed by atoms with E-state index in [0.717, 1.165) is 5.56 Å². The highest BCUT2D eigenvalue weighted by Gasteiger charge is 2.40. The summed E-state index contributed by atoms with van der Waals surface area (Å²) < 4.78 is 44.5. The normalized spacial score (nSPS) is 21.5. The van der Waals surface area contributed by atoms with Gasteiger partial charge in [-0.25, -0.2) is 8.42 Å². The van der Waals surface area contributed by atoms with Crippen LogP contribution < -0.4 is 4.74 Å². The average molecular weight is 377 g/mol. The Morgan fingerprint density at radius 2 is 1.88 bits per heavy atom. The van der Waals surface area contributed by atoms with Crippen molar-refractivity contribution in [2.75, 3.05) is 34.0 Å². The van der Waals surface area contributed by atoms with Crippen molar-refractivity contribution < 1.29 is 22.6 Å². The van der Waals surface area contributed by atoms with E-state index in [1.807, 2.05) is 30.3 Å². The molecule has 140 valence electrons. The van der Waals surface area contributed by atoms with E-state index in [0.29, 0.717) is 19.0 Å². The molecule has 2 aromatic carbocycles. The van der Waals surface area contributed by atoms with E-state index in [4.69, 9.17) is 14.2 Å². The van der Waals surface area contributed by atoms with Gasteiger partial charge >= 0.3 is 0 Å². The number of sulfonamides is 1. The summed E-state index contributed by atoms with van der Waals surface area (Å²) in [5.74, 6) is 0.504. The molecule has 1 fully saturated rings. The summed E-state index contributed by atoms with van der Waals surface area (Å²) in [5.41, 5.74) is 0.876. The van der Waals surface area contributed by atoms with Gasteiger partial charge in [0, 0.05) is 19.7 Å². The minimum atomic E-state index is -3.73. The predicted molar refractivity (Wildman–Crippen MR) is 97.7 cm³/mol. The molecular weight excluding hydrogens is 354 g/mol. The van der Waals surface area contributed by atoms with E-state index in [-0.39, 0.29) is 17.5 Å². The highest BCUT2D eigenvalue weighted by atomic mass is 32.2. The molecule has 1 saturated heterocycles. The fourth-order valence-corrected chi connectivity index (χ4v) is 4.87. The van der Waals surface area contributed by atoms with E-state index in [1.54, 1.807) is 25.3 Å². The van der Waals surface area contributed by atoms with Gasteiger partial charge in [0.2, 0.25) is 10.0 Å². The molecule has 0 spiro atoms. The van der Waals surface area contributed by atoms with Gasteiger partial charge < -0.3 is 14.2 Å². The van der Waals surface area contributed by atoms with Crippen molar-refractivity contribution in [2.45, 2.75) is 17.0 Å². The molecule has 0 aromatic heterocycles. The molecule has 2 atom stereocenters. The molecule has 0 saturated carbocycles. The van der Waals surface area contributed by atoms with Crippen LogP contribution in [0.15, 0.2) is 59.5 Å². The largest absolute Gasteiger partial charge is 0.497 e. The lowest BCUT2D eigenvalue weighted by atomic mass is 10.0. The van der Waals surface area contributed by atoms with Crippen LogP contribution >= 0.6 is 0 Å². The van der Waals surface area contributed by atoms with Crippen LogP contribution in [0.5, 0.6) is 5.75 Å². The zero-order valence-electron chi connectivity index (χ0n) is 14.9. The van der Waals surface area contributed by atoms with Crippen LogP contribution in [0.4, 0.5) is 0 Å². The number of nitrogens with zero attached hydrogens (tertiary/aromatic N) is 1. The standard InChI is InChI=1S/C19H23NO5S/c1-23-14-18-19(15-7-4-3-5-8-15)20(11-12-25-18)26(21,22)17-10-6-9-16(13-17)24-2/h3-10,13,18-19H,11-12,14H2,1-2H3/t18-,19-/m0/s1. The van der Waals surface area contributed by atoms with Crippen LogP contribution in [0.3, 0.4) is 0 Å². The lowest BCUT2D eigenvalue weighted by Crippen LogP contribution is -2.49. The highest BCUT2D eigenvalue weighted by molar-refractivity contribution is 7.89. The van der Waals surface area contributed by atoms with Gasteiger partial charge in [0.05, 0.1) is 31.3 Å². The molecule has 0 N–H and O–H groups in total.